The van der Waals surface area contributed by atoms with Gasteiger partial charge in [0, 0.05) is 39.0 Å². The molecule has 1 aliphatic heterocycles. The number of carbonyl (C=O) groups excluding carboxylic acids is 1. The Labute approximate surface area is 132 Å². The number of hydrogen-bond donors (Lipinski definition) is 1. The molecule has 120 valence electrons. The van der Waals surface area contributed by atoms with Crippen LogP contribution in [0, 0.1) is 5.92 Å². The molecule has 1 aromatic rings. The summed E-state index contributed by atoms with van der Waals surface area (Å²) in [6.07, 6.45) is 0.533. The summed E-state index contributed by atoms with van der Waals surface area (Å²) in [5.41, 5.74) is 7.21. The van der Waals surface area contributed by atoms with Crippen molar-refractivity contribution in [2.24, 2.45) is 16.6 Å². The molecule has 0 aromatic heterocycles. The first-order valence-electron chi connectivity index (χ1n) is 7.93. The first-order chi connectivity index (χ1) is 10.6. The van der Waals surface area contributed by atoms with Crippen molar-refractivity contribution in [1.29, 1.82) is 0 Å². The van der Waals surface area contributed by atoms with E-state index in [2.05, 4.69) is 31.0 Å². The standard InChI is InChI=1S/C17H26N4O/c1-4-21(5-2)17(18)19-12-14-11-15(22)20(3)16(14)13-9-7-6-8-10-13/h6-10,14,16H,4-5,11-12H2,1-3H3,(H2,18,19). The van der Waals surface area contributed by atoms with E-state index in [-0.39, 0.29) is 17.9 Å². The fraction of sp³-hybridized carbons (Fsp3) is 0.529. The zero-order chi connectivity index (χ0) is 16.1. The topological polar surface area (TPSA) is 61.9 Å². The van der Waals surface area contributed by atoms with Crippen LogP contribution in [0.4, 0.5) is 0 Å². The minimum Gasteiger partial charge on any atom is -0.370 e. The molecule has 22 heavy (non-hydrogen) atoms. The highest BCUT2D eigenvalue weighted by molar-refractivity contribution is 5.80. The second kappa shape index (κ2) is 7.29. The molecular formula is C17H26N4O. The third kappa shape index (κ3) is 3.40. The summed E-state index contributed by atoms with van der Waals surface area (Å²) >= 11 is 0. The molecule has 1 aromatic carbocycles. The number of guanidine groups is 1. The molecule has 2 atom stereocenters. The quantitative estimate of drug-likeness (QED) is 0.667. The van der Waals surface area contributed by atoms with Gasteiger partial charge in [-0.3, -0.25) is 9.79 Å². The number of rotatable bonds is 5. The Morgan fingerprint density at radius 2 is 1.95 bits per heavy atom. The van der Waals surface area contributed by atoms with Crippen molar-refractivity contribution in [1.82, 2.24) is 9.80 Å². The number of nitrogens with zero attached hydrogens (tertiary/aromatic N) is 3. The van der Waals surface area contributed by atoms with Gasteiger partial charge in [-0.2, -0.15) is 0 Å². The predicted molar refractivity (Wildman–Crippen MR) is 89.5 cm³/mol. The number of amides is 1. The van der Waals surface area contributed by atoms with Crippen LogP contribution in [0.25, 0.3) is 0 Å². The second-order valence-electron chi connectivity index (χ2n) is 5.70. The van der Waals surface area contributed by atoms with Crippen LogP contribution in [0.5, 0.6) is 0 Å². The Balaban J connectivity index is 2.15. The maximum Gasteiger partial charge on any atom is 0.223 e. The normalized spacial score (nSPS) is 22.2. The fourth-order valence-electron chi connectivity index (χ4n) is 3.12. The molecule has 0 bridgehead atoms. The van der Waals surface area contributed by atoms with Crippen molar-refractivity contribution in [2.75, 3.05) is 26.7 Å². The summed E-state index contributed by atoms with van der Waals surface area (Å²) in [7, 11) is 1.87. The molecule has 1 fully saturated rings. The van der Waals surface area contributed by atoms with Crippen molar-refractivity contribution >= 4 is 11.9 Å². The van der Waals surface area contributed by atoms with Gasteiger partial charge in [-0.25, -0.2) is 0 Å². The maximum absolute atomic E-state index is 12.1. The van der Waals surface area contributed by atoms with Crippen molar-refractivity contribution in [3.8, 4) is 0 Å². The van der Waals surface area contributed by atoms with Gasteiger partial charge in [0.1, 0.15) is 0 Å². The first-order valence-corrected chi connectivity index (χ1v) is 7.93. The Bertz CT molecular complexity index is 525. The third-order valence-electron chi connectivity index (χ3n) is 4.41. The molecule has 1 saturated heterocycles. The molecule has 2 unspecified atom stereocenters. The van der Waals surface area contributed by atoms with Crippen LogP contribution in [0.3, 0.4) is 0 Å². The average molecular weight is 302 g/mol. The number of aliphatic imine (C=N–C) groups is 1. The molecule has 0 spiro atoms. The molecule has 0 saturated carbocycles. The van der Waals surface area contributed by atoms with Gasteiger partial charge in [0.2, 0.25) is 5.91 Å². The van der Waals surface area contributed by atoms with Crippen LogP contribution in [0.15, 0.2) is 35.3 Å². The van der Waals surface area contributed by atoms with Crippen molar-refractivity contribution in [3.05, 3.63) is 35.9 Å². The largest absolute Gasteiger partial charge is 0.370 e. The Kier molecular flexibility index (Phi) is 5.41. The summed E-state index contributed by atoms with van der Waals surface area (Å²) in [5.74, 6) is 0.920. The van der Waals surface area contributed by atoms with Gasteiger partial charge in [-0.15, -0.1) is 0 Å². The van der Waals surface area contributed by atoms with Gasteiger partial charge in [0.25, 0.3) is 0 Å². The number of benzene rings is 1. The summed E-state index contributed by atoms with van der Waals surface area (Å²) < 4.78 is 0. The number of likely N-dealkylation sites (tertiary alicyclic amines) is 1. The van der Waals surface area contributed by atoms with E-state index in [9.17, 15) is 4.79 Å². The Morgan fingerprint density at radius 1 is 1.32 bits per heavy atom. The zero-order valence-corrected chi connectivity index (χ0v) is 13.7. The zero-order valence-electron chi connectivity index (χ0n) is 13.7. The molecule has 2 rings (SSSR count). The highest BCUT2D eigenvalue weighted by atomic mass is 16.2. The number of nitrogens with two attached hydrogens (primary N) is 1. The minimum atomic E-state index is 0.0851. The van der Waals surface area contributed by atoms with Crippen molar-refractivity contribution in [2.45, 2.75) is 26.3 Å². The van der Waals surface area contributed by atoms with Crippen LogP contribution < -0.4 is 5.73 Å². The monoisotopic (exact) mass is 302 g/mol. The molecule has 0 radical (unpaired) electrons. The lowest BCUT2D eigenvalue weighted by Crippen LogP contribution is -2.37. The molecule has 1 heterocycles. The van der Waals surface area contributed by atoms with E-state index in [1.54, 1.807) is 0 Å². The van der Waals surface area contributed by atoms with Gasteiger partial charge in [-0.05, 0) is 19.4 Å². The number of hydrogen-bond acceptors (Lipinski definition) is 2. The van der Waals surface area contributed by atoms with Gasteiger partial charge >= 0.3 is 0 Å². The maximum atomic E-state index is 12.1. The molecule has 0 aliphatic carbocycles. The summed E-state index contributed by atoms with van der Waals surface area (Å²) in [4.78, 5) is 20.5. The van der Waals surface area contributed by atoms with Gasteiger partial charge < -0.3 is 15.5 Å². The van der Waals surface area contributed by atoms with E-state index < -0.39 is 0 Å². The van der Waals surface area contributed by atoms with E-state index in [0.29, 0.717) is 18.9 Å². The lowest BCUT2D eigenvalue weighted by atomic mass is 9.94. The average Bonchev–Trinajstić information content (AvgIpc) is 2.82. The smallest absolute Gasteiger partial charge is 0.223 e. The van der Waals surface area contributed by atoms with Crippen LogP contribution in [-0.4, -0.2) is 48.3 Å². The highest BCUT2D eigenvalue weighted by Crippen LogP contribution is 2.36. The summed E-state index contributed by atoms with van der Waals surface area (Å²) in [5, 5.41) is 0. The van der Waals surface area contributed by atoms with Gasteiger partial charge in [0.05, 0.1) is 6.04 Å². The lowest BCUT2D eigenvalue weighted by Gasteiger charge is -2.25. The molecule has 2 N–H and O–H groups in total. The summed E-state index contributed by atoms with van der Waals surface area (Å²) in [6, 6.07) is 10.2. The van der Waals surface area contributed by atoms with E-state index in [1.807, 2.05) is 35.0 Å². The van der Waals surface area contributed by atoms with E-state index >= 15 is 0 Å². The fourth-order valence-corrected chi connectivity index (χ4v) is 3.12. The van der Waals surface area contributed by atoms with E-state index in [0.717, 1.165) is 18.7 Å². The molecule has 1 amide bonds. The molecule has 5 nitrogen and oxygen atoms in total. The van der Waals surface area contributed by atoms with E-state index in [1.165, 1.54) is 0 Å². The van der Waals surface area contributed by atoms with Crippen LogP contribution in [0.2, 0.25) is 0 Å². The first kappa shape index (κ1) is 16.3. The van der Waals surface area contributed by atoms with Gasteiger partial charge in [-0.1, -0.05) is 30.3 Å². The molecule has 5 heteroatoms. The van der Waals surface area contributed by atoms with E-state index in [4.69, 9.17) is 5.73 Å². The highest BCUT2D eigenvalue weighted by Gasteiger charge is 2.38. The SMILES string of the molecule is CCN(CC)C(N)=NCC1CC(=O)N(C)C1c1ccccc1. The minimum absolute atomic E-state index is 0.0851. The van der Waals surface area contributed by atoms with Crippen LogP contribution in [-0.2, 0) is 4.79 Å². The van der Waals surface area contributed by atoms with Crippen LogP contribution >= 0.6 is 0 Å². The summed E-state index contributed by atoms with van der Waals surface area (Å²) in [6.45, 7) is 6.39. The molecular weight excluding hydrogens is 276 g/mol. The van der Waals surface area contributed by atoms with Crippen molar-refractivity contribution in [3.63, 3.8) is 0 Å². The van der Waals surface area contributed by atoms with Crippen molar-refractivity contribution < 1.29 is 4.79 Å². The van der Waals surface area contributed by atoms with Gasteiger partial charge in [0.15, 0.2) is 5.96 Å². The lowest BCUT2D eigenvalue weighted by molar-refractivity contribution is -0.127. The molecule has 1 aliphatic rings. The number of carbonyl (C=O) groups is 1. The Hall–Kier alpha value is -2.04. The second-order valence-corrected chi connectivity index (χ2v) is 5.70. The Morgan fingerprint density at radius 3 is 2.55 bits per heavy atom. The third-order valence-corrected chi connectivity index (χ3v) is 4.41. The predicted octanol–water partition coefficient (Wildman–Crippen LogP) is 1.86. The van der Waals surface area contributed by atoms with Crippen LogP contribution in [0.1, 0.15) is 31.9 Å².